The van der Waals surface area contributed by atoms with Crippen molar-refractivity contribution in [2.75, 3.05) is 25.5 Å². The Bertz CT molecular complexity index is 960. The third kappa shape index (κ3) is 4.20. The zero-order valence-corrected chi connectivity index (χ0v) is 17.2. The van der Waals surface area contributed by atoms with Gasteiger partial charge < -0.3 is 9.80 Å². The van der Waals surface area contributed by atoms with Crippen molar-refractivity contribution in [3.05, 3.63) is 48.1 Å². The molecule has 0 N–H and O–H groups in total. The van der Waals surface area contributed by atoms with Crippen LogP contribution < -0.4 is 4.90 Å². The number of aromatic nitrogens is 4. The molecule has 0 fully saturated rings. The number of nitrogens with zero attached hydrogens (tertiary/aromatic N) is 6. The number of anilines is 1. The number of halogens is 1. The summed E-state index contributed by atoms with van der Waals surface area (Å²) < 4.78 is 1.55. The van der Waals surface area contributed by atoms with E-state index in [9.17, 15) is 9.59 Å². The molecule has 28 heavy (non-hydrogen) atoms. The lowest BCUT2D eigenvalue weighted by Gasteiger charge is -2.23. The van der Waals surface area contributed by atoms with Crippen LogP contribution in [-0.2, 0) is 9.59 Å². The molecule has 1 unspecified atom stereocenters. The fourth-order valence-corrected chi connectivity index (χ4v) is 3.86. The SMILES string of the molecule is CC(C(=O)N(C)CC(=O)N(C)c1sc(-c2cccnc2)nc1Cl)n1cccn1. The van der Waals surface area contributed by atoms with Crippen molar-refractivity contribution < 1.29 is 9.59 Å². The molecule has 0 aromatic carbocycles. The first kappa shape index (κ1) is 20.0. The van der Waals surface area contributed by atoms with Gasteiger partial charge in [0.1, 0.15) is 16.1 Å². The number of carbonyl (C=O) groups is 2. The molecule has 0 bridgehead atoms. The van der Waals surface area contributed by atoms with Crippen LogP contribution in [0.4, 0.5) is 5.00 Å². The monoisotopic (exact) mass is 418 g/mol. The Morgan fingerprint density at radius 1 is 1.29 bits per heavy atom. The van der Waals surface area contributed by atoms with Gasteiger partial charge in [0.15, 0.2) is 5.15 Å². The Kier molecular flexibility index (Phi) is 6.05. The molecule has 10 heteroatoms. The lowest BCUT2D eigenvalue weighted by molar-refractivity contribution is -0.136. The maximum absolute atomic E-state index is 12.7. The number of hydrogen-bond donors (Lipinski definition) is 0. The highest BCUT2D eigenvalue weighted by atomic mass is 35.5. The van der Waals surface area contributed by atoms with Crippen LogP contribution in [0, 0.1) is 0 Å². The van der Waals surface area contributed by atoms with Crippen molar-refractivity contribution >= 4 is 39.8 Å². The zero-order valence-electron chi connectivity index (χ0n) is 15.6. The fourth-order valence-electron chi connectivity index (χ4n) is 2.56. The number of rotatable bonds is 6. The second-order valence-electron chi connectivity index (χ2n) is 6.17. The molecular weight excluding hydrogens is 400 g/mol. The molecule has 1 atom stereocenters. The first-order valence-corrected chi connectivity index (χ1v) is 9.65. The number of amides is 2. The smallest absolute Gasteiger partial charge is 0.247 e. The van der Waals surface area contributed by atoms with Gasteiger partial charge in [0.25, 0.3) is 0 Å². The van der Waals surface area contributed by atoms with E-state index in [-0.39, 0.29) is 23.5 Å². The number of likely N-dealkylation sites (N-methyl/N-ethyl adjacent to an activating group) is 2. The number of thiazole rings is 1. The molecule has 3 aromatic rings. The van der Waals surface area contributed by atoms with Crippen molar-refractivity contribution in [3.63, 3.8) is 0 Å². The average Bonchev–Trinajstić information content (AvgIpc) is 3.36. The fraction of sp³-hybridized carbons (Fsp3) is 0.278. The van der Waals surface area contributed by atoms with Crippen LogP contribution in [0.15, 0.2) is 43.0 Å². The van der Waals surface area contributed by atoms with Crippen molar-refractivity contribution in [2.45, 2.75) is 13.0 Å². The van der Waals surface area contributed by atoms with Crippen LogP contribution in [0.3, 0.4) is 0 Å². The summed E-state index contributed by atoms with van der Waals surface area (Å²) >= 11 is 7.54. The van der Waals surface area contributed by atoms with Gasteiger partial charge in [-0.3, -0.25) is 19.3 Å². The second kappa shape index (κ2) is 8.49. The van der Waals surface area contributed by atoms with E-state index in [2.05, 4.69) is 15.1 Å². The van der Waals surface area contributed by atoms with Gasteiger partial charge in [-0.15, -0.1) is 0 Å². The molecule has 0 spiro atoms. The van der Waals surface area contributed by atoms with Crippen LogP contribution in [-0.4, -0.2) is 57.1 Å². The Balaban J connectivity index is 1.69. The molecule has 2 amide bonds. The van der Waals surface area contributed by atoms with Gasteiger partial charge in [-0.25, -0.2) is 4.98 Å². The lowest BCUT2D eigenvalue weighted by Crippen LogP contribution is -2.41. The van der Waals surface area contributed by atoms with Crippen LogP contribution in [0.5, 0.6) is 0 Å². The second-order valence-corrected chi connectivity index (χ2v) is 7.50. The van der Waals surface area contributed by atoms with Gasteiger partial charge >= 0.3 is 0 Å². The van der Waals surface area contributed by atoms with E-state index in [0.29, 0.717) is 10.0 Å². The summed E-state index contributed by atoms with van der Waals surface area (Å²) in [6.45, 7) is 1.65. The Morgan fingerprint density at radius 3 is 2.71 bits per heavy atom. The van der Waals surface area contributed by atoms with Crippen LogP contribution in [0.1, 0.15) is 13.0 Å². The first-order valence-electron chi connectivity index (χ1n) is 8.46. The number of carbonyl (C=O) groups excluding carboxylic acids is 2. The maximum Gasteiger partial charge on any atom is 0.247 e. The van der Waals surface area contributed by atoms with Gasteiger partial charge in [0, 0.05) is 44.4 Å². The highest BCUT2D eigenvalue weighted by Gasteiger charge is 2.25. The van der Waals surface area contributed by atoms with E-state index in [1.54, 1.807) is 62.6 Å². The first-order chi connectivity index (χ1) is 13.4. The molecule has 3 aromatic heterocycles. The van der Waals surface area contributed by atoms with E-state index in [1.165, 1.54) is 21.1 Å². The summed E-state index contributed by atoms with van der Waals surface area (Å²) in [6.07, 6.45) is 6.67. The van der Waals surface area contributed by atoms with Gasteiger partial charge in [-0.05, 0) is 25.1 Å². The van der Waals surface area contributed by atoms with Crippen molar-refractivity contribution in [1.29, 1.82) is 0 Å². The highest BCUT2D eigenvalue weighted by Crippen LogP contribution is 2.36. The van der Waals surface area contributed by atoms with Crippen LogP contribution in [0.25, 0.3) is 10.6 Å². The quantitative estimate of drug-likeness (QED) is 0.614. The summed E-state index contributed by atoms with van der Waals surface area (Å²) in [7, 11) is 3.20. The number of pyridine rings is 1. The largest absolute Gasteiger partial charge is 0.335 e. The topological polar surface area (TPSA) is 84.2 Å². The molecule has 146 valence electrons. The van der Waals surface area contributed by atoms with Crippen LogP contribution in [0.2, 0.25) is 5.15 Å². The summed E-state index contributed by atoms with van der Waals surface area (Å²) in [5, 5.41) is 5.49. The summed E-state index contributed by atoms with van der Waals surface area (Å²) in [4.78, 5) is 36.4. The van der Waals surface area contributed by atoms with E-state index in [4.69, 9.17) is 11.6 Å². The summed E-state index contributed by atoms with van der Waals surface area (Å²) in [5.74, 6) is -0.483. The molecule has 3 heterocycles. The minimum atomic E-state index is -0.498. The Hall–Kier alpha value is -2.78. The maximum atomic E-state index is 12.7. The minimum absolute atomic E-state index is 0.0859. The Morgan fingerprint density at radius 2 is 2.07 bits per heavy atom. The van der Waals surface area contributed by atoms with Crippen LogP contribution >= 0.6 is 22.9 Å². The summed E-state index contributed by atoms with van der Waals surface area (Å²) in [6, 6.07) is 4.92. The third-order valence-corrected chi connectivity index (χ3v) is 5.74. The van der Waals surface area contributed by atoms with E-state index < -0.39 is 6.04 Å². The lowest BCUT2D eigenvalue weighted by atomic mass is 10.3. The summed E-state index contributed by atoms with van der Waals surface area (Å²) in [5.41, 5.74) is 0.821. The molecule has 0 aliphatic carbocycles. The predicted octanol–water partition coefficient (Wildman–Crippen LogP) is 2.74. The molecule has 0 saturated carbocycles. The Labute approximate surface area is 171 Å². The molecular formula is C18H19ClN6O2S. The molecule has 3 rings (SSSR count). The molecule has 0 aliphatic heterocycles. The molecule has 0 saturated heterocycles. The van der Waals surface area contributed by atoms with Crippen molar-refractivity contribution in [3.8, 4) is 10.6 Å². The van der Waals surface area contributed by atoms with Gasteiger partial charge in [-0.1, -0.05) is 22.9 Å². The van der Waals surface area contributed by atoms with Gasteiger partial charge in [-0.2, -0.15) is 5.10 Å². The van der Waals surface area contributed by atoms with E-state index in [1.807, 2.05) is 6.07 Å². The standard InChI is InChI=1S/C18H19ClN6O2S/c1-12(25-9-5-8-21-25)17(27)23(2)11-14(26)24(3)18-15(19)22-16(28-18)13-6-4-7-20-10-13/h4-10,12H,11H2,1-3H3. The molecule has 8 nitrogen and oxygen atoms in total. The van der Waals surface area contributed by atoms with Crippen molar-refractivity contribution in [1.82, 2.24) is 24.6 Å². The number of hydrogen-bond acceptors (Lipinski definition) is 6. The third-order valence-electron chi connectivity index (χ3n) is 4.18. The van der Waals surface area contributed by atoms with Gasteiger partial charge in [0.05, 0.1) is 6.54 Å². The highest BCUT2D eigenvalue weighted by molar-refractivity contribution is 7.19. The molecule has 0 radical (unpaired) electrons. The van der Waals surface area contributed by atoms with Gasteiger partial charge in [0.2, 0.25) is 11.8 Å². The van der Waals surface area contributed by atoms with E-state index >= 15 is 0 Å². The average molecular weight is 419 g/mol. The predicted molar refractivity (Wildman–Crippen MR) is 108 cm³/mol. The van der Waals surface area contributed by atoms with E-state index in [0.717, 1.165) is 5.56 Å². The normalized spacial score (nSPS) is 11.9. The zero-order chi connectivity index (χ0) is 20.3. The van der Waals surface area contributed by atoms with Crippen molar-refractivity contribution in [2.24, 2.45) is 0 Å². The minimum Gasteiger partial charge on any atom is -0.335 e. The molecule has 0 aliphatic rings.